The molecule has 0 saturated heterocycles. The standard InChI is InChI=1S/C15H22N2O2/c1-11-2-4-12(5-3-11)6-8-16-13-7-9-17-14(10-13)15(18)19/h7,9-12H,2-6,8H2,1H3,(H,16,17)(H,18,19). The topological polar surface area (TPSA) is 62.2 Å². The van der Waals surface area contributed by atoms with Gasteiger partial charge in [0.1, 0.15) is 5.69 Å². The number of carboxylic acid groups (broad SMARTS) is 1. The predicted octanol–water partition coefficient (Wildman–Crippen LogP) is 3.41. The molecule has 2 N–H and O–H groups in total. The molecule has 0 aromatic carbocycles. The number of anilines is 1. The monoisotopic (exact) mass is 262 g/mol. The average molecular weight is 262 g/mol. The third-order valence-corrected chi connectivity index (χ3v) is 4.00. The summed E-state index contributed by atoms with van der Waals surface area (Å²) in [7, 11) is 0. The van der Waals surface area contributed by atoms with Crippen LogP contribution in [0.5, 0.6) is 0 Å². The van der Waals surface area contributed by atoms with Gasteiger partial charge in [-0.1, -0.05) is 32.6 Å². The van der Waals surface area contributed by atoms with E-state index < -0.39 is 5.97 Å². The van der Waals surface area contributed by atoms with Crippen LogP contribution < -0.4 is 5.32 Å². The molecule has 0 amide bonds. The number of aromatic carboxylic acids is 1. The molecule has 0 bridgehead atoms. The molecule has 4 heteroatoms. The van der Waals surface area contributed by atoms with Crippen molar-refractivity contribution in [3.05, 3.63) is 24.0 Å². The van der Waals surface area contributed by atoms with E-state index in [1.54, 1.807) is 6.07 Å². The number of aromatic nitrogens is 1. The molecule has 1 aromatic heterocycles. The zero-order chi connectivity index (χ0) is 13.7. The summed E-state index contributed by atoms with van der Waals surface area (Å²) in [6.07, 6.45) is 8.07. The van der Waals surface area contributed by atoms with Crippen LogP contribution in [-0.2, 0) is 0 Å². The number of hydrogen-bond donors (Lipinski definition) is 2. The van der Waals surface area contributed by atoms with Crippen molar-refractivity contribution < 1.29 is 9.90 Å². The molecule has 0 unspecified atom stereocenters. The first kappa shape index (κ1) is 13.8. The van der Waals surface area contributed by atoms with Crippen LogP contribution in [0.4, 0.5) is 5.69 Å². The molecule has 4 nitrogen and oxygen atoms in total. The molecule has 0 atom stereocenters. The van der Waals surface area contributed by atoms with Gasteiger partial charge in [0.2, 0.25) is 0 Å². The normalized spacial score (nSPS) is 23.0. The molecule has 1 aliphatic carbocycles. The summed E-state index contributed by atoms with van der Waals surface area (Å²) in [6.45, 7) is 3.24. The molecule has 1 heterocycles. The van der Waals surface area contributed by atoms with E-state index in [2.05, 4.69) is 17.2 Å². The van der Waals surface area contributed by atoms with Gasteiger partial charge in [0, 0.05) is 18.4 Å². The molecule has 1 aliphatic rings. The molecule has 104 valence electrons. The largest absolute Gasteiger partial charge is 0.477 e. The second-order valence-electron chi connectivity index (χ2n) is 5.58. The van der Waals surface area contributed by atoms with Gasteiger partial charge in [-0.2, -0.15) is 0 Å². The quantitative estimate of drug-likeness (QED) is 0.853. The van der Waals surface area contributed by atoms with Crippen LogP contribution in [0.25, 0.3) is 0 Å². The number of pyridine rings is 1. The summed E-state index contributed by atoms with van der Waals surface area (Å²) in [5.41, 5.74) is 0.938. The van der Waals surface area contributed by atoms with Gasteiger partial charge in [0.05, 0.1) is 0 Å². The molecular weight excluding hydrogens is 240 g/mol. The van der Waals surface area contributed by atoms with Gasteiger partial charge >= 0.3 is 5.97 Å². The fourth-order valence-electron chi connectivity index (χ4n) is 2.70. The Morgan fingerprint density at radius 1 is 1.42 bits per heavy atom. The highest BCUT2D eigenvalue weighted by Gasteiger charge is 2.17. The molecule has 19 heavy (non-hydrogen) atoms. The number of carbonyl (C=O) groups is 1. The molecule has 1 aromatic rings. The molecule has 0 aliphatic heterocycles. The Hall–Kier alpha value is -1.58. The van der Waals surface area contributed by atoms with Crippen molar-refractivity contribution in [2.45, 2.75) is 39.0 Å². The maximum absolute atomic E-state index is 10.8. The Kier molecular flexibility index (Phi) is 4.77. The second kappa shape index (κ2) is 6.55. The summed E-state index contributed by atoms with van der Waals surface area (Å²) in [5.74, 6) is 0.733. The van der Waals surface area contributed by atoms with Crippen molar-refractivity contribution >= 4 is 11.7 Å². The number of hydrogen-bond acceptors (Lipinski definition) is 3. The highest BCUT2D eigenvalue weighted by atomic mass is 16.4. The second-order valence-corrected chi connectivity index (χ2v) is 5.58. The number of rotatable bonds is 5. The molecule has 0 radical (unpaired) electrons. The van der Waals surface area contributed by atoms with Crippen molar-refractivity contribution in [3.63, 3.8) is 0 Å². The lowest BCUT2D eigenvalue weighted by molar-refractivity contribution is 0.0690. The van der Waals surface area contributed by atoms with Crippen LogP contribution in [0.1, 0.15) is 49.5 Å². The summed E-state index contributed by atoms with van der Waals surface area (Å²) in [6, 6.07) is 3.40. The Morgan fingerprint density at radius 3 is 2.84 bits per heavy atom. The molecule has 2 rings (SSSR count). The lowest BCUT2D eigenvalue weighted by Gasteiger charge is -2.26. The summed E-state index contributed by atoms with van der Waals surface area (Å²) in [5, 5.41) is 12.2. The van der Waals surface area contributed by atoms with Crippen molar-refractivity contribution in [3.8, 4) is 0 Å². The van der Waals surface area contributed by atoms with Gasteiger partial charge < -0.3 is 10.4 Å². The van der Waals surface area contributed by atoms with Crippen LogP contribution >= 0.6 is 0 Å². The Bertz CT molecular complexity index is 426. The zero-order valence-electron chi connectivity index (χ0n) is 11.4. The van der Waals surface area contributed by atoms with Gasteiger partial charge in [-0.25, -0.2) is 9.78 Å². The van der Waals surface area contributed by atoms with Gasteiger partial charge in [0.15, 0.2) is 0 Å². The SMILES string of the molecule is CC1CCC(CCNc2ccnc(C(=O)O)c2)CC1. The van der Waals surface area contributed by atoms with Crippen molar-refractivity contribution in [1.29, 1.82) is 0 Å². The molecule has 0 spiro atoms. The number of carboxylic acids is 1. The Morgan fingerprint density at radius 2 is 2.16 bits per heavy atom. The number of nitrogens with zero attached hydrogens (tertiary/aromatic N) is 1. The van der Waals surface area contributed by atoms with Crippen LogP contribution in [0.2, 0.25) is 0 Å². The van der Waals surface area contributed by atoms with Crippen LogP contribution in [-0.4, -0.2) is 22.6 Å². The van der Waals surface area contributed by atoms with E-state index in [0.29, 0.717) is 0 Å². The fraction of sp³-hybridized carbons (Fsp3) is 0.600. The van der Waals surface area contributed by atoms with Crippen LogP contribution in [0.3, 0.4) is 0 Å². The minimum atomic E-state index is -0.982. The molecule has 1 fully saturated rings. The number of nitrogens with one attached hydrogen (secondary N) is 1. The summed E-state index contributed by atoms with van der Waals surface area (Å²) in [4.78, 5) is 14.6. The smallest absolute Gasteiger partial charge is 0.354 e. The van der Waals surface area contributed by atoms with Crippen molar-refractivity contribution in [2.75, 3.05) is 11.9 Å². The minimum absolute atomic E-state index is 0.0940. The average Bonchev–Trinajstić information content (AvgIpc) is 2.41. The van der Waals surface area contributed by atoms with E-state index in [9.17, 15) is 4.79 Å². The summed E-state index contributed by atoms with van der Waals surface area (Å²) >= 11 is 0. The Labute approximate surface area is 114 Å². The highest BCUT2D eigenvalue weighted by Crippen LogP contribution is 2.30. The highest BCUT2D eigenvalue weighted by molar-refractivity contribution is 5.86. The van der Waals surface area contributed by atoms with E-state index in [-0.39, 0.29) is 5.69 Å². The summed E-state index contributed by atoms with van der Waals surface area (Å²) < 4.78 is 0. The van der Waals surface area contributed by atoms with E-state index in [1.807, 2.05) is 6.07 Å². The van der Waals surface area contributed by atoms with Gasteiger partial charge in [-0.05, 0) is 30.4 Å². The lowest BCUT2D eigenvalue weighted by atomic mass is 9.81. The Balaban J connectivity index is 1.76. The first-order valence-corrected chi connectivity index (χ1v) is 7.08. The predicted molar refractivity (Wildman–Crippen MR) is 75.4 cm³/mol. The maximum atomic E-state index is 10.8. The maximum Gasteiger partial charge on any atom is 0.354 e. The van der Waals surface area contributed by atoms with E-state index >= 15 is 0 Å². The third-order valence-electron chi connectivity index (χ3n) is 4.00. The third kappa shape index (κ3) is 4.23. The van der Waals surface area contributed by atoms with Crippen molar-refractivity contribution in [2.24, 2.45) is 11.8 Å². The minimum Gasteiger partial charge on any atom is -0.477 e. The van der Waals surface area contributed by atoms with Crippen LogP contribution in [0, 0.1) is 11.8 Å². The molecular formula is C15H22N2O2. The first-order valence-electron chi connectivity index (χ1n) is 7.08. The van der Waals surface area contributed by atoms with Crippen LogP contribution in [0.15, 0.2) is 18.3 Å². The lowest BCUT2D eigenvalue weighted by Crippen LogP contribution is -2.16. The van der Waals surface area contributed by atoms with E-state index in [1.165, 1.54) is 31.9 Å². The van der Waals surface area contributed by atoms with Gasteiger partial charge in [0.25, 0.3) is 0 Å². The van der Waals surface area contributed by atoms with E-state index in [4.69, 9.17) is 5.11 Å². The fourth-order valence-corrected chi connectivity index (χ4v) is 2.70. The zero-order valence-corrected chi connectivity index (χ0v) is 11.4. The first-order chi connectivity index (χ1) is 9.15. The van der Waals surface area contributed by atoms with E-state index in [0.717, 1.165) is 30.5 Å². The van der Waals surface area contributed by atoms with Crippen molar-refractivity contribution in [1.82, 2.24) is 4.98 Å². The van der Waals surface area contributed by atoms with Gasteiger partial charge in [-0.15, -0.1) is 0 Å². The molecule has 1 saturated carbocycles. The van der Waals surface area contributed by atoms with Gasteiger partial charge in [-0.3, -0.25) is 0 Å².